The number of aliphatic carboxylic acids is 1. The van der Waals surface area contributed by atoms with Gasteiger partial charge in [-0.05, 0) is 43.7 Å². The van der Waals surface area contributed by atoms with Gasteiger partial charge in [-0.2, -0.15) is 0 Å². The van der Waals surface area contributed by atoms with Gasteiger partial charge in [-0.15, -0.1) is 0 Å². The van der Waals surface area contributed by atoms with Crippen LogP contribution in [0.15, 0.2) is 29.3 Å². The Labute approximate surface area is 115 Å². The van der Waals surface area contributed by atoms with E-state index in [2.05, 4.69) is 4.98 Å². The molecule has 1 aromatic carbocycles. The van der Waals surface area contributed by atoms with Gasteiger partial charge in [-0.3, -0.25) is 4.79 Å². The summed E-state index contributed by atoms with van der Waals surface area (Å²) in [5, 5.41) is 10.5. The predicted octanol–water partition coefficient (Wildman–Crippen LogP) is 3.12. The zero-order chi connectivity index (χ0) is 13.8. The monoisotopic (exact) mass is 277 g/mol. The van der Waals surface area contributed by atoms with Gasteiger partial charge >= 0.3 is 5.97 Å². The number of aryl methyl sites for hydroxylation is 1. The van der Waals surface area contributed by atoms with Crippen LogP contribution in [0.3, 0.4) is 0 Å². The van der Waals surface area contributed by atoms with Crippen molar-refractivity contribution in [2.24, 2.45) is 0 Å². The molecule has 0 fully saturated rings. The lowest BCUT2D eigenvalue weighted by Crippen LogP contribution is -1.99. The van der Waals surface area contributed by atoms with Crippen molar-refractivity contribution >= 4 is 28.6 Å². The molecule has 0 saturated heterocycles. The summed E-state index contributed by atoms with van der Waals surface area (Å²) in [4.78, 5) is 15.1. The third-order valence-electron chi connectivity index (χ3n) is 2.57. The number of carbonyl (C=O) groups is 1. The average Bonchev–Trinajstić information content (AvgIpc) is 2.36. The summed E-state index contributed by atoms with van der Waals surface area (Å²) in [5.41, 5.74) is 1.83. The zero-order valence-corrected chi connectivity index (χ0v) is 11.7. The molecule has 0 aliphatic rings. The number of fused-ring (bicyclic) bond motifs is 1. The summed E-state index contributed by atoms with van der Waals surface area (Å²) in [6, 6.07) is 7.73. The van der Waals surface area contributed by atoms with E-state index in [-0.39, 0.29) is 5.75 Å². The highest BCUT2D eigenvalue weighted by Crippen LogP contribution is 2.26. The van der Waals surface area contributed by atoms with Gasteiger partial charge in [0.25, 0.3) is 0 Å². The first-order valence-corrected chi connectivity index (χ1v) is 6.97. The fourth-order valence-electron chi connectivity index (χ4n) is 1.78. The third kappa shape index (κ3) is 3.38. The highest BCUT2D eigenvalue weighted by atomic mass is 32.2. The fourth-order valence-corrected chi connectivity index (χ4v) is 2.48. The summed E-state index contributed by atoms with van der Waals surface area (Å²) >= 11 is 1.24. The Morgan fingerprint density at radius 3 is 2.89 bits per heavy atom. The first-order valence-electron chi connectivity index (χ1n) is 5.99. The summed E-state index contributed by atoms with van der Waals surface area (Å²) in [6.45, 7) is 4.51. The van der Waals surface area contributed by atoms with Gasteiger partial charge in [-0.1, -0.05) is 11.8 Å². The van der Waals surface area contributed by atoms with E-state index >= 15 is 0 Å². The number of hydrogen-bond acceptors (Lipinski definition) is 4. The zero-order valence-electron chi connectivity index (χ0n) is 10.8. The molecule has 0 radical (unpaired) electrons. The molecule has 2 rings (SSSR count). The molecule has 2 aromatic rings. The molecular weight excluding hydrogens is 262 g/mol. The molecule has 1 N–H and O–H groups in total. The molecule has 1 aromatic heterocycles. The molecule has 100 valence electrons. The van der Waals surface area contributed by atoms with Crippen molar-refractivity contribution in [3.63, 3.8) is 0 Å². The molecule has 4 nitrogen and oxygen atoms in total. The van der Waals surface area contributed by atoms with Crippen molar-refractivity contribution in [1.29, 1.82) is 0 Å². The molecular formula is C14H15NO3S. The van der Waals surface area contributed by atoms with Gasteiger partial charge in [0.1, 0.15) is 10.8 Å². The van der Waals surface area contributed by atoms with E-state index in [0.29, 0.717) is 6.61 Å². The Hall–Kier alpha value is -1.75. The average molecular weight is 277 g/mol. The Kier molecular flexibility index (Phi) is 4.27. The first-order chi connectivity index (χ1) is 9.10. The number of benzene rings is 1. The minimum atomic E-state index is -0.835. The Morgan fingerprint density at radius 2 is 2.21 bits per heavy atom. The Morgan fingerprint density at radius 1 is 1.42 bits per heavy atom. The van der Waals surface area contributed by atoms with Gasteiger partial charge < -0.3 is 9.84 Å². The molecule has 0 bridgehead atoms. The van der Waals surface area contributed by atoms with Crippen molar-refractivity contribution in [2.75, 3.05) is 12.4 Å². The number of ether oxygens (including phenoxy) is 1. The second kappa shape index (κ2) is 5.93. The second-order valence-corrected chi connectivity index (χ2v) is 5.04. The Bertz CT molecular complexity index is 613. The molecule has 0 aliphatic heterocycles. The number of pyridine rings is 1. The van der Waals surface area contributed by atoms with Crippen LogP contribution < -0.4 is 4.74 Å². The topological polar surface area (TPSA) is 59.4 Å². The number of aromatic nitrogens is 1. The van der Waals surface area contributed by atoms with E-state index in [4.69, 9.17) is 9.84 Å². The summed E-state index contributed by atoms with van der Waals surface area (Å²) in [5.74, 6) is 0.0104. The van der Waals surface area contributed by atoms with Crippen molar-refractivity contribution in [1.82, 2.24) is 4.98 Å². The number of carboxylic acid groups (broad SMARTS) is 1. The minimum absolute atomic E-state index is 0.0242. The number of rotatable bonds is 5. The number of nitrogens with zero attached hydrogens (tertiary/aromatic N) is 1. The highest BCUT2D eigenvalue weighted by Gasteiger charge is 2.07. The maximum absolute atomic E-state index is 10.6. The van der Waals surface area contributed by atoms with Gasteiger partial charge in [0.15, 0.2) is 0 Å². The number of thioether (sulfide) groups is 1. The smallest absolute Gasteiger partial charge is 0.313 e. The van der Waals surface area contributed by atoms with Crippen LogP contribution in [0.5, 0.6) is 5.75 Å². The molecule has 0 atom stereocenters. The molecule has 1 heterocycles. The Balaban J connectivity index is 2.34. The summed E-state index contributed by atoms with van der Waals surface area (Å²) < 4.78 is 5.45. The normalized spacial score (nSPS) is 10.6. The van der Waals surface area contributed by atoms with Crippen LogP contribution in [0.25, 0.3) is 10.9 Å². The first kappa shape index (κ1) is 13.7. The second-order valence-electron chi connectivity index (χ2n) is 4.08. The number of hydrogen-bond donors (Lipinski definition) is 1. The molecule has 19 heavy (non-hydrogen) atoms. The van der Waals surface area contributed by atoms with Crippen LogP contribution in [0.1, 0.15) is 12.5 Å². The van der Waals surface area contributed by atoms with Crippen LogP contribution in [0.4, 0.5) is 0 Å². The lowest BCUT2D eigenvalue weighted by Gasteiger charge is -2.08. The van der Waals surface area contributed by atoms with Gasteiger partial charge in [0.2, 0.25) is 0 Å². The molecule has 0 amide bonds. The highest BCUT2D eigenvalue weighted by molar-refractivity contribution is 7.99. The molecule has 0 aliphatic carbocycles. The van der Waals surface area contributed by atoms with Gasteiger partial charge in [-0.25, -0.2) is 4.98 Å². The summed E-state index contributed by atoms with van der Waals surface area (Å²) in [7, 11) is 0. The van der Waals surface area contributed by atoms with E-state index in [1.165, 1.54) is 11.8 Å². The maximum atomic E-state index is 10.6. The van der Waals surface area contributed by atoms with Gasteiger partial charge in [0.05, 0.1) is 17.9 Å². The molecule has 0 spiro atoms. The van der Waals surface area contributed by atoms with Crippen LogP contribution >= 0.6 is 11.8 Å². The van der Waals surface area contributed by atoms with Crippen molar-refractivity contribution < 1.29 is 14.6 Å². The molecule has 5 heteroatoms. The standard InChI is InChI=1S/C14H15NO3S/c1-3-18-11-4-5-12-10(7-11)6-9(2)14(15-12)19-8-13(16)17/h4-7H,3,8H2,1-2H3,(H,16,17). The minimum Gasteiger partial charge on any atom is -0.494 e. The van der Waals surface area contributed by atoms with Crippen LogP contribution in [-0.2, 0) is 4.79 Å². The molecule has 0 saturated carbocycles. The lowest BCUT2D eigenvalue weighted by molar-refractivity contribution is -0.133. The van der Waals surface area contributed by atoms with E-state index in [0.717, 1.165) is 27.2 Å². The quantitative estimate of drug-likeness (QED) is 0.851. The van der Waals surface area contributed by atoms with Gasteiger partial charge in [0, 0.05) is 5.39 Å². The fraction of sp³-hybridized carbons (Fsp3) is 0.286. The molecule has 0 unspecified atom stereocenters. The van der Waals surface area contributed by atoms with Crippen LogP contribution in [-0.4, -0.2) is 28.4 Å². The largest absolute Gasteiger partial charge is 0.494 e. The SMILES string of the molecule is CCOc1ccc2nc(SCC(=O)O)c(C)cc2c1. The van der Waals surface area contributed by atoms with Crippen LogP contribution in [0, 0.1) is 6.92 Å². The van der Waals surface area contributed by atoms with Crippen molar-refractivity contribution in [3.8, 4) is 5.75 Å². The third-order valence-corrected chi connectivity index (χ3v) is 3.65. The van der Waals surface area contributed by atoms with Crippen molar-refractivity contribution in [2.45, 2.75) is 18.9 Å². The lowest BCUT2D eigenvalue weighted by atomic mass is 10.1. The number of carboxylic acids is 1. The van der Waals surface area contributed by atoms with E-state index in [9.17, 15) is 4.79 Å². The predicted molar refractivity (Wildman–Crippen MR) is 76.0 cm³/mol. The summed E-state index contributed by atoms with van der Waals surface area (Å²) in [6.07, 6.45) is 0. The van der Waals surface area contributed by atoms with E-state index < -0.39 is 5.97 Å². The van der Waals surface area contributed by atoms with Crippen LogP contribution in [0.2, 0.25) is 0 Å². The van der Waals surface area contributed by atoms with E-state index in [1.54, 1.807) is 0 Å². The van der Waals surface area contributed by atoms with Crippen molar-refractivity contribution in [3.05, 3.63) is 29.8 Å². The van der Waals surface area contributed by atoms with E-state index in [1.807, 2.05) is 38.1 Å². The maximum Gasteiger partial charge on any atom is 0.313 e.